The standard InChI is InChI=1S/C15H15FN2O3/c1-10(17-2)14-9-11(16)3-8-15(14)21-13-6-4-12(5-7-13)18(19)20/h3-10,17H,1-2H3. The fraction of sp³-hybridized carbons (Fsp3) is 0.200. The molecule has 0 spiro atoms. The molecule has 0 bridgehead atoms. The molecule has 6 heteroatoms. The molecule has 0 aliphatic heterocycles. The van der Waals surface area contributed by atoms with Gasteiger partial charge in [0.2, 0.25) is 0 Å². The van der Waals surface area contributed by atoms with E-state index >= 15 is 0 Å². The van der Waals surface area contributed by atoms with E-state index in [1.807, 2.05) is 6.92 Å². The first kappa shape index (κ1) is 14.9. The van der Waals surface area contributed by atoms with Crippen molar-refractivity contribution < 1.29 is 14.1 Å². The van der Waals surface area contributed by atoms with Crippen LogP contribution < -0.4 is 10.1 Å². The van der Waals surface area contributed by atoms with Gasteiger partial charge in [-0.25, -0.2) is 4.39 Å². The summed E-state index contributed by atoms with van der Waals surface area (Å²) >= 11 is 0. The summed E-state index contributed by atoms with van der Waals surface area (Å²) in [6, 6.07) is 9.91. The van der Waals surface area contributed by atoms with E-state index in [1.165, 1.54) is 36.4 Å². The first-order valence-electron chi connectivity index (χ1n) is 6.40. The fourth-order valence-corrected chi connectivity index (χ4v) is 1.87. The van der Waals surface area contributed by atoms with Crippen LogP contribution in [0.15, 0.2) is 42.5 Å². The first-order valence-corrected chi connectivity index (χ1v) is 6.40. The Hall–Kier alpha value is -2.47. The van der Waals surface area contributed by atoms with E-state index in [0.29, 0.717) is 17.1 Å². The second-order valence-corrected chi connectivity index (χ2v) is 4.55. The Balaban J connectivity index is 2.28. The molecular formula is C15H15FN2O3. The zero-order valence-electron chi connectivity index (χ0n) is 11.7. The van der Waals surface area contributed by atoms with Crippen LogP contribution in [0.4, 0.5) is 10.1 Å². The highest BCUT2D eigenvalue weighted by Gasteiger charge is 2.13. The quantitative estimate of drug-likeness (QED) is 0.672. The second-order valence-electron chi connectivity index (χ2n) is 4.55. The topological polar surface area (TPSA) is 64.4 Å². The molecule has 0 radical (unpaired) electrons. The SMILES string of the molecule is CNC(C)c1cc(F)ccc1Oc1ccc([N+](=O)[O-])cc1. The lowest BCUT2D eigenvalue weighted by Crippen LogP contribution is -2.13. The summed E-state index contributed by atoms with van der Waals surface area (Å²) in [5.41, 5.74) is 0.668. The molecule has 1 atom stereocenters. The van der Waals surface area contributed by atoms with Gasteiger partial charge in [0, 0.05) is 23.7 Å². The molecule has 0 aliphatic carbocycles. The normalized spacial score (nSPS) is 12.0. The highest BCUT2D eigenvalue weighted by Crippen LogP contribution is 2.31. The zero-order chi connectivity index (χ0) is 15.4. The summed E-state index contributed by atoms with van der Waals surface area (Å²) in [7, 11) is 1.77. The van der Waals surface area contributed by atoms with Crippen molar-refractivity contribution in [3.05, 3.63) is 64.0 Å². The second kappa shape index (κ2) is 6.32. The van der Waals surface area contributed by atoms with E-state index in [9.17, 15) is 14.5 Å². The maximum absolute atomic E-state index is 13.4. The van der Waals surface area contributed by atoms with Crippen LogP contribution in [0.1, 0.15) is 18.5 Å². The molecule has 0 amide bonds. The summed E-state index contributed by atoms with van der Waals surface area (Å²) in [5.74, 6) is 0.618. The van der Waals surface area contributed by atoms with Crippen LogP contribution in [0.5, 0.6) is 11.5 Å². The molecule has 1 unspecified atom stereocenters. The largest absolute Gasteiger partial charge is 0.457 e. The highest BCUT2D eigenvalue weighted by molar-refractivity contribution is 5.42. The van der Waals surface area contributed by atoms with Gasteiger partial charge in [-0.2, -0.15) is 0 Å². The number of hydrogen-bond acceptors (Lipinski definition) is 4. The van der Waals surface area contributed by atoms with E-state index in [-0.39, 0.29) is 17.5 Å². The molecule has 1 N–H and O–H groups in total. The zero-order valence-corrected chi connectivity index (χ0v) is 11.7. The number of halogens is 1. The molecule has 110 valence electrons. The molecule has 2 aromatic rings. The summed E-state index contributed by atoms with van der Waals surface area (Å²) in [5, 5.41) is 13.6. The van der Waals surface area contributed by atoms with Gasteiger partial charge in [-0.05, 0) is 44.3 Å². The summed E-state index contributed by atoms with van der Waals surface area (Å²) in [4.78, 5) is 10.1. The van der Waals surface area contributed by atoms with Crippen molar-refractivity contribution >= 4 is 5.69 Å². The number of non-ortho nitro benzene ring substituents is 1. The molecule has 5 nitrogen and oxygen atoms in total. The number of benzene rings is 2. The number of nitrogens with zero attached hydrogens (tertiary/aromatic N) is 1. The minimum atomic E-state index is -0.476. The van der Waals surface area contributed by atoms with Crippen molar-refractivity contribution in [2.45, 2.75) is 13.0 Å². The van der Waals surface area contributed by atoms with Gasteiger partial charge in [-0.1, -0.05) is 0 Å². The highest BCUT2D eigenvalue weighted by atomic mass is 19.1. The Kier molecular flexibility index (Phi) is 4.49. The molecule has 2 rings (SSSR count). The minimum Gasteiger partial charge on any atom is -0.457 e. The first-order chi connectivity index (χ1) is 10.0. The van der Waals surface area contributed by atoms with Crippen LogP contribution >= 0.6 is 0 Å². The molecule has 21 heavy (non-hydrogen) atoms. The van der Waals surface area contributed by atoms with E-state index in [2.05, 4.69) is 5.32 Å². The monoisotopic (exact) mass is 290 g/mol. The van der Waals surface area contributed by atoms with Crippen LogP contribution in [0.2, 0.25) is 0 Å². The number of nitro groups is 1. The van der Waals surface area contributed by atoms with Crippen molar-refractivity contribution in [1.29, 1.82) is 0 Å². The lowest BCUT2D eigenvalue weighted by Gasteiger charge is -2.16. The van der Waals surface area contributed by atoms with Gasteiger partial charge in [0.1, 0.15) is 17.3 Å². The minimum absolute atomic E-state index is 0.00901. The smallest absolute Gasteiger partial charge is 0.269 e. The fourth-order valence-electron chi connectivity index (χ4n) is 1.87. The van der Waals surface area contributed by atoms with Crippen molar-refractivity contribution in [2.75, 3.05) is 7.05 Å². The number of rotatable bonds is 5. The van der Waals surface area contributed by atoms with Gasteiger partial charge in [0.25, 0.3) is 5.69 Å². The van der Waals surface area contributed by atoms with Crippen molar-refractivity contribution in [3.63, 3.8) is 0 Å². The molecular weight excluding hydrogens is 275 g/mol. The lowest BCUT2D eigenvalue weighted by molar-refractivity contribution is -0.384. The van der Waals surface area contributed by atoms with E-state index in [1.54, 1.807) is 13.1 Å². The Morgan fingerprint density at radius 1 is 1.24 bits per heavy atom. The van der Waals surface area contributed by atoms with Gasteiger partial charge in [-0.3, -0.25) is 10.1 Å². The number of nitrogens with one attached hydrogen (secondary N) is 1. The molecule has 0 aliphatic rings. The van der Waals surface area contributed by atoms with Gasteiger partial charge in [0.15, 0.2) is 0 Å². The third-order valence-corrected chi connectivity index (χ3v) is 3.15. The van der Waals surface area contributed by atoms with Crippen LogP contribution in [-0.2, 0) is 0 Å². The van der Waals surface area contributed by atoms with E-state index < -0.39 is 4.92 Å². The van der Waals surface area contributed by atoms with Gasteiger partial charge >= 0.3 is 0 Å². The van der Waals surface area contributed by atoms with Crippen molar-refractivity contribution in [3.8, 4) is 11.5 Å². The average molecular weight is 290 g/mol. The number of ether oxygens (including phenoxy) is 1. The molecule has 0 fully saturated rings. The van der Waals surface area contributed by atoms with Gasteiger partial charge < -0.3 is 10.1 Å². The predicted molar refractivity (Wildman–Crippen MR) is 77.0 cm³/mol. The Morgan fingerprint density at radius 2 is 1.90 bits per heavy atom. The Morgan fingerprint density at radius 3 is 2.48 bits per heavy atom. The lowest BCUT2D eigenvalue weighted by atomic mass is 10.1. The third-order valence-electron chi connectivity index (χ3n) is 3.15. The molecule has 0 heterocycles. The maximum Gasteiger partial charge on any atom is 0.269 e. The van der Waals surface area contributed by atoms with Crippen LogP contribution in [0.3, 0.4) is 0 Å². The van der Waals surface area contributed by atoms with Crippen LogP contribution in [0, 0.1) is 15.9 Å². The Bertz CT molecular complexity index is 644. The van der Waals surface area contributed by atoms with Crippen LogP contribution in [-0.4, -0.2) is 12.0 Å². The number of nitro benzene ring substituents is 1. The average Bonchev–Trinajstić information content (AvgIpc) is 2.48. The van der Waals surface area contributed by atoms with Gasteiger partial charge in [0.05, 0.1) is 4.92 Å². The summed E-state index contributed by atoms with van der Waals surface area (Å²) < 4.78 is 19.1. The van der Waals surface area contributed by atoms with E-state index in [0.717, 1.165) is 0 Å². The molecule has 0 aromatic heterocycles. The van der Waals surface area contributed by atoms with Crippen LogP contribution in [0.25, 0.3) is 0 Å². The van der Waals surface area contributed by atoms with Crippen molar-refractivity contribution in [1.82, 2.24) is 5.32 Å². The van der Waals surface area contributed by atoms with Gasteiger partial charge in [-0.15, -0.1) is 0 Å². The third kappa shape index (κ3) is 3.55. The maximum atomic E-state index is 13.4. The van der Waals surface area contributed by atoms with E-state index in [4.69, 9.17) is 4.74 Å². The molecule has 2 aromatic carbocycles. The molecule has 0 saturated heterocycles. The number of hydrogen-bond donors (Lipinski definition) is 1. The van der Waals surface area contributed by atoms with Crippen molar-refractivity contribution in [2.24, 2.45) is 0 Å². The summed E-state index contributed by atoms with van der Waals surface area (Å²) in [6.45, 7) is 1.89. The summed E-state index contributed by atoms with van der Waals surface area (Å²) in [6.07, 6.45) is 0. The molecule has 0 saturated carbocycles. The Labute approximate surface area is 121 Å². The predicted octanol–water partition coefficient (Wildman–Crippen LogP) is 3.81.